The molecule has 1 heterocycles. The van der Waals surface area contributed by atoms with Crippen LogP contribution in [0.3, 0.4) is 0 Å². The van der Waals surface area contributed by atoms with Gasteiger partial charge in [-0.1, -0.05) is 25.5 Å². The lowest BCUT2D eigenvalue weighted by Crippen LogP contribution is -2.42. The predicted molar refractivity (Wildman–Crippen MR) is 256 cm³/mol. The van der Waals surface area contributed by atoms with E-state index in [1.165, 1.54) is 6.92 Å². The van der Waals surface area contributed by atoms with Crippen LogP contribution in [0.1, 0.15) is 123 Å². The van der Waals surface area contributed by atoms with Crippen LogP contribution in [0.4, 0.5) is 0 Å². The number of carbonyl (C=O) groups excluding carboxylic acids is 7. The first-order valence-electron chi connectivity index (χ1n) is 24.1. The summed E-state index contributed by atoms with van der Waals surface area (Å²) in [5, 5.41) is 50.8. The smallest absolute Gasteiger partial charge is 0.326 e. The van der Waals surface area contributed by atoms with E-state index in [0.29, 0.717) is 70.7 Å². The normalized spacial score (nSPS) is 12.2. The molecule has 0 saturated heterocycles. The van der Waals surface area contributed by atoms with E-state index in [4.69, 9.17) is 24.1 Å². The van der Waals surface area contributed by atoms with Gasteiger partial charge in [0.25, 0.3) is 0 Å². The van der Waals surface area contributed by atoms with Crippen molar-refractivity contribution in [1.29, 1.82) is 0 Å². The number of aliphatic carboxylic acids is 3. The molecule has 3 unspecified atom stereocenters. The molecule has 29 heteroatoms. The maximum Gasteiger partial charge on any atom is 0.326 e. The van der Waals surface area contributed by atoms with Gasteiger partial charge >= 0.3 is 17.9 Å². The van der Waals surface area contributed by atoms with Gasteiger partial charge in [0.15, 0.2) is 11.6 Å². The molecule has 0 spiro atoms. The van der Waals surface area contributed by atoms with E-state index < -0.39 is 94.1 Å². The van der Waals surface area contributed by atoms with Crippen LogP contribution >= 0.6 is 0 Å². The van der Waals surface area contributed by atoms with E-state index in [0.717, 1.165) is 12.8 Å². The van der Waals surface area contributed by atoms with E-state index in [1.54, 1.807) is 6.92 Å². The molecule has 1 aromatic heterocycles. The number of carbonyl (C=O) groups is 10. The number of aromatic nitrogens is 4. The third-order valence-corrected chi connectivity index (χ3v) is 11.3. The molecule has 28 nitrogen and oxygen atoms in total. The molecule has 0 fully saturated rings. The number of aromatic amines is 1. The molecule has 5 amide bonds. The lowest BCUT2D eigenvalue weighted by Gasteiger charge is -2.15. The number of rotatable bonds is 44. The molecule has 0 bridgehead atoms. The summed E-state index contributed by atoms with van der Waals surface area (Å²) in [6, 6.07) is -2.23. The summed E-state index contributed by atoms with van der Waals surface area (Å²) >= 11 is 0. The van der Waals surface area contributed by atoms with Crippen LogP contribution in [0.5, 0.6) is 0 Å². The number of tetrazole rings is 1. The van der Waals surface area contributed by atoms with Crippen molar-refractivity contribution in [1.82, 2.24) is 46.6 Å². The lowest BCUT2D eigenvalue weighted by atomic mass is 9.97. The highest BCUT2D eigenvalue weighted by molar-refractivity contribution is 7.90. The zero-order chi connectivity index (χ0) is 54.9. The number of carboxylic acid groups (broad SMARTS) is 3. The van der Waals surface area contributed by atoms with Crippen LogP contribution in [0.25, 0.3) is 0 Å². The summed E-state index contributed by atoms with van der Waals surface area (Å²) in [7, 11) is -3.90. The molecule has 0 aliphatic rings. The van der Waals surface area contributed by atoms with Crippen molar-refractivity contribution in [2.45, 2.75) is 136 Å². The second kappa shape index (κ2) is 41.4. The van der Waals surface area contributed by atoms with Crippen molar-refractivity contribution in [2.75, 3.05) is 71.7 Å². The third-order valence-electron chi connectivity index (χ3n) is 9.89. The van der Waals surface area contributed by atoms with Crippen molar-refractivity contribution in [3.8, 4) is 0 Å². The minimum atomic E-state index is -3.90. The Balaban J connectivity index is 0.00000174. The second-order valence-electron chi connectivity index (χ2n) is 16.3. The molecule has 1 aromatic rings. The van der Waals surface area contributed by atoms with Gasteiger partial charge in [-0.15, -0.1) is 10.2 Å². The summed E-state index contributed by atoms with van der Waals surface area (Å²) in [5.41, 5.74) is 0. The molecule has 0 radical (unpaired) electrons. The number of hydrogen-bond donors (Lipinski definition) is 9. The van der Waals surface area contributed by atoms with Crippen LogP contribution in [0, 0.1) is 5.92 Å². The van der Waals surface area contributed by atoms with Gasteiger partial charge in [-0.05, 0) is 58.3 Å². The van der Waals surface area contributed by atoms with Gasteiger partial charge in [0.2, 0.25) is 39.6 Å². The largest absolute Gasteiger partial charge is 0.481 e. The molecule has 73 heavy (non-hydrogen) atoms. The van der Waals surface area contributed by atoms with E-state index in [1.807, 2.05) is 4.72 Å². The number of sulfonamides is 1. The van der Waals surface area contributed by atoms with Crippen molar-refractivity contribution in [3.05, 3.63) is 5.82 Å². The van der Waals surface area contributed by atoms with Gasteiger partial charge in [-0.2, -0.15) is 5.21 Å². The number of Topliss-reactive ketones (excluding diaryl/α,β-unsaturated/α-hetero) is 2. The highest BCUT2D eigenvalue weighted by atomic mass is 32.2. The molecule has 0 saturated carbocycles. The molecule has 416 valence electrons. The Morgan fingerprint density at radius 1 is 0.603 bits per heavy atom. The van der Waals surface area contributed by atoms with Crippen molar-refractivity contribution in [3.63, 3.8) is 0 Å². The minimum absolute atomic E-state index is 0.00262. The standard InChI is InChI=1S/C27H43N7O13S.C17H32N2O6/c1-18(35)7-9-21(27(42)43)29-24(38)10-8-19(26(40)41)16-20(36)17-47-14-13-46-12-11-28-23(37)6-3-15-48(44,45)32-25(39)5-2-4-22-30-33-34-31-22;1-3-5-10-24-11-12-25-13-16(21)19-14(17(22)23)8-6-7-9-18-15(20)4-2/h19,21H,2-17H2,1H3,(H,28,37)(H,29,38)(H,32,39)(H,40,41)(H,42,43)(H,30,31,33,34);14H,3-13H2,1-2H3,(H,18,20)(H,19,21)(H,22,23). The Morgan fingerprint density at radius 3 is 1.84 bits per heavy atom. The van der Waals surface area contributed by atoms with Gasteiger partial charge in [-0.3, -0.25) is 38.3 Å². The first-order valence-corrected chi connectivity index (χ1v) is 25.7. The topological polar surface area (TPSA) is 417 Å². The summed E-state index contributed by atoms with van der Waals surface area (Å²) < 4.78 is 47.0. The Labute approximate surface area is 424 Å². The average molecular weight is 1070 g/mol. The van der Waals surface area contributed by atoms with Gasteiger partial charge in [0.05, 0.1) is 44.7 Å². The summed E-state index contributed by atoms with van der Waals surface area (Å²) in [5.74, 6) is -7.95. The van der Waals surface area contributed by atoms with E-state index in [-0.39, 0.29) is 89.6 Å². The van der Waals surface area contributed by atoms with Crippen molar-refractivity contribution in [2.24, 2.45) is 5.92 Å². The molecule has 9 N–H and O–H groups in total. The summed E-state index contributed by atoms with van der Waals surface area (Å²) in [6.45, 7) is 6.72. The van der Waals surface area contributed by atoms with Gasteiger partial charge < -0.3 is 60.3 Å². The Kier molecular flexibility index (Phi) is 38.0. The van der Waals surface area contributed by atoms with Crippen LogP contribution in [-0.2, 0) is 83.3 Å². The Bertz CT molecular complexity index is 1940. The van der Waals surface area contributed by atoms with Crippen LogP contribution in [-0.4, -0.2) is 187 Å². The molecule has 0 aliphatic heterocycles. The highest BCUT2D eigenvalue weighted by Crippen LogP contribution is 2.13. The van der Waals surface area contributed by atoms with E-state index >= 15 is 0 Å². The predicted octanol–water partition coefficient (Wildman–Crippen LogP) is -0.638. The lowest BCUT2D eigenvalue weighted by molar-refractivity contribution is -0.145. The van der Waals surface area contributed by atoms with Crippen LogP contribution in [0.15, 0.2) is 0 Å². The number of aryl methyl sites for hydroxylation is 1. The fraction of sp³-hybridized carbons (Fsp3) is 0.750. The summed E-state index contributed by atoms with van der Waals surface area (Å²) in [4.78, 5) is 116. The maximum absolute atomic E-state index is 12.2. The highest BCUT2D eigenvalue weighted by Gasteiger charge is 2.25. The zero-order valence-corrected chi connectivity index (χ0v) is 42.8. The number of ketones is 2. The number of amides is 5. The Morgan fingerprint density at radius 2 is 1.22 bits per heavy atom. The number of nitrogens with one attached hydrogen (secondary N) is 6. The molecule has 0 aliphatic carbocycles. The zero-order valence-electron chi connectivity index (χ0n) is 41.9. The Hall–Kier alpha value is -6.04. The average Bonchev–Trinajstić information content (AvgIpc) is 3.85. The molecular weight excluding hydrogens is 991 g/mol. The summed E-state index contributed by atoms with van der Waals surface area (Å²) in [6.07, 6.45) is 3.48. The SMILES string of the molecule is CC(=O)CCC(NC(=O)CCC(CC(=O)COCCOCCNC(=O)CCCS(=O)(=O)NC(=O)CCCc1nn[nH]n1)C(=O)O)C(=O)O.CCCCOCCOCC(=O)NC(CCCCNC(=O)CC)C(=O)O. The van der Waals surface area contributed by atoms with Gasteiger partial charge in [0, 0.05) is 64.6 Å². The van der Waals surface area contributed by atoms with Crippen molar-refractivity contribution >= 4 is 69.0 Å². The number of unbranched alkanes of at least 4 members (excludes halogenated alkanes) is 2. The van der Waals surface area contributed by atoms with E-state index in [2.05, 4.69) is 48.8 Å². The van der Waals surface area contributed by atoms with Crippen molar-refractivity contribution < 1.29 is 90.6 Å². The van der Waals surface area contributed by atoms with Gasteiger partial charge in [0.1, 0.15) is 31.1 Å². The second-order valence-corrected chi connectivity index (χ2v) is 18.2. The monoisotopic (exact) mass is 1070 g/mol. The van der Waals surface area contributed by atoms with Crippen LogP contribution in [0.2, 0.25) is 0 Å². The quantitative estimate of drug-likeness (QED) is 0.0367. The fourth-order valence-corrected chi connectivity index (χ4v) is 7.00. The molecule has 1 rings (SSSR count). The number of hydrogen-bond acceptors (Lipinski definition) is 19. The number of H-pyrrole nitrogens is 1. The number of carboxylic acids is 3. The van der Waals surface area contributed by atoms with Crippen LogP contribution < -0.4 is 26.0 Å². The fourth-order valence-electron chi connectivity index (χ4n) is 5.92. The number of ether oxygens (including phenoxy) is 4. The molecule has 3 atom stereocenters. The minimum Gasteiger partial charge on any atom is -0.481 e. The van der Waals surface area contributed by atoms with E-state index in [9.17, 15) is 66.6 Å². The number of nitrogens with zero attached hydrogens (tertiary/aromatic N) is 3. The maximum atomic E-state index is 12.2. The first-order chi connectivity index (χ1) is 34.7. The first kappa shape index (κ1) is 67.0. The third kappa shape index (κ3) is 39.2. The molecular formula is C44H75N9O19S. The molecule has 0 aromatic carbocycles. The van der Waals surface area contributed by atoms with Gasteiger partial charge in [-0.25, -0.2) is 18.0 Å².